The maximum absolute atomic E-state index is 8.59. The maximum atomic E-state index is 8.59. The highest BCUT2D eigenvalue weighted by molar-refractivity contribution is 5.08. The molecule has 62 valence electrons. The number of rotatable bonds is 3. The van der Waals surface area contributed by atoms with Crippen LogP contribution in [0, 0.1) is 13.8 Å². The summed E-state index contributed by atoms with van der Waals surface area (Å²) in [4.78, 5) is 4.15. The Morgan fingerprint density at radius 3 is 2.73 bits per heavy atom. The van der Waals surface area contributed by atoms with E-state index in [1.54, 1.807) is 0 Å². The molecule has 0 atom stereocenters. The third kappa shape index (κ3) is 1.80. The molecule has 0 radical (unpaired) electrons. The van der Waals surface area contributed by atoms with E-state index in [0.29, 0.717) is 0 Å². The molecule has 0 fully saturated rings. The summed E-state index contributed by atoms with van der Waals surface area (Å²) in [7, 11) is 0. The number of hydrogen-bond donors (Lipinski definition) is 1. The summed E-state index contributed by atoms with van der Waals surface area (Å²) in [5.74, 6) is 0. The predicted molar refractivity (Wildman–Crippen MR) is 43.4 cm³/mol. The largest absolute Gasteiger partial charge is 0.396 e. The van der Waals surface area contributed by atoms with Crippen LogP contribution in [0.15, 0.2) is 6.33 Å². The van der Waals surface area contributed by atoms with E-state index in [9.17, 15) is 0 Å². The second kappa shape index (κ2) is 3.53. The van der Waals surface area contributed by atoms with Crippen molar-refractivity contribution < 1.29 is 5.11 Å². The molecular formula is C8H14N2O. The van der Waals surface area contributed by atoms with Gasteiger partial charge in [-0.2, -0.15) is 0 Å². The summed E-state index contributed by atoms with van der Waals surface area (Å²) in [6, 6.07) is 0. The normalized spacial score (nSPS) is 10.5. The van der Waals surface area contributed by atoms with E-state index in [1.165, 1.54) is 5.69 Å². The van der Waals surface area contributed by atoms with Crippen LogP contribution in [0.5, 0.6) is 0 Å². The molecular weight excluding hydrogens is 140 g/mol. The maximum Gasteiger partial charge on any atom is 0.0951 e. The van der Waals surface area contributed by atoms with Crippen molar-refractivity contribution >= 4 is 0 Å². The molecule has 3 nitrogen and oxygen atoms in total. The molecule has 0 unspecified atom stereocenters. The Bertz CT molecular complexity index is 230. The predicted octanol–water partition coefficient (Wildman–Crippen LogP) is 0.882. The van der Waals surface area contributed by atoms with Crippen molar-refractivity contribution in [2.45, 2.75) is 26.8 Å². The van der Waals surface area contributed by atoms with Gasteiger partial charge < -0.3 is 9.67 Å². The van der Waals surface area contributed by atoms with Crippen LogP contribution in [0.25, 0.3) is 0 Å². The Hall–Kier alpha value is -0.830. The molecule has 0 aliphatic carbocycles. The highest BCUT2D eigenvalue weighted by Gasteiger charge is 1.99. The molecule has 1 aromatic heterocycles. The van der Waals surface area contributed by atoms with Gasteiger partial charge in [0.2, 0.25) is 0 Å². The minimum atomic E-state index is 0.247. The summed E-state index contributed by atoms with van der Waals surface area (Å²) in [5, 5.41) is 8.59. The number of nitrogens with zero attached hydrogens (tertiary/aromatic N) is 2. The van der Waals surface area contributed by atoms with Crippen molar-refractivity contribution in [2.24, 2.45) is 0 Å². The van der Waals surface area contributed by atoms with E-state index in [0.717, 1.165) is 18.7 Å². The Kier molecular flexibility index (Phi) is 2.65. The van der Waals surface area contributed by atoms with Crippen LogP contribution >= 0.6 is 0 Å². The molecule has 11 heavy (non-hydrogen) atoms. The van der Waals surface area contributed by atoms with Gasteiger partial charge >= 0.3 is 0 Å². The van der Waals surface area contributed by atoms with Crippen LogP contribution in [0.4, 0.5) is 0 Å². The fraction of sp³-hybridized carbons (Fsp3) is 0.625. The van der Waals surface area contributed by atoms with Gasteiger partial charge in [-0.15, -0.1) is 0 Å². The van der Waals surface area contributed by atoms with E-state index in [1.807, 2.05) is 20.2 Å². The van der Waals surface area contributed by atoms with Crippen LogP contribution in [-0.2, 0) is 6.54 Å². The molecule has 0 aromatic carbocycles. The summed E-state index contributed by atoms with van der Waals surface area (Å²) in [6.45, 7) is 5.14. The molecule has 1 heterocycles. The zero-order valence-electron chi connectivity index (χ0n) is 7.04. The van der Waals surface area contributed by atoms with E-state index >= 15 is 0 Å². The zero-order valence-corrected chi connectivity index (χ0v) is 7.04. The molecule has 0 spiro atoms. The molecule has 1 aromatic rings. The summed E-state index contributed by atoms with van der Waals surface area (Å²) < 4.78 is 2.06. The van der Waals surface area contributed by atoms with Crippen LogP contribution < -0.4 is 0 Å². The lowest BCUT2D eigenvalue weighted by molar-refractivity contribution is 0.279. The van der Waals surface area contributed by atoms with Gasteiger partial charge in [0, 0.05) is 18.8 Å². The lowest BCUT2D eigenvalue weighted by Gasteiger charge is -2.02. The number of imidazole rings is 1. The first-order valence-electron chi connectivity index (χ1n) is 3.85. The fourth-order valence-electron chi connectivity index (χ4n) is 1.01. The number of aliphatic hydroxyl groups is 1. The Balaban J connectivity index is 2.63. The van der Waals surface area contributed by atoms with Gasteiger partial charge in [0.1, 0.15) is 0 Å². The quantitative estimate of drug-likeness (QED) is 0.702. The van der Waals surface area contributed by atoms with Crippen molar-refractivity contribution in [2.75, 3.05) is 6.61 Å². The smallest absolute Gasteiger partial charge is 0.0951 e. The van der Waals surface area contributed by atoms with E-state index in [2.05, 4.69) is 9.55 Å². The second-order valence-corrected chi connectivity index (χ2v) is 2.69. The second-order valence-electron chi connectivity index (χ2n) is 2.69. The summed E-state index contributed by atoms with van der Waals surface area (Å²) >= 11 is 0. The van der Waals surface area contributed by atoms with Gasteiger partial charge in [0.15, 0.2) is 0 Å². The van der Waals surface area contributed by atoms with Crippen molar-refractivity contribution in [1.29, 1.82) is 0 Å². The Morgan fingerprint density at radius 2 is 2.27 bits per heavy atom. The van der Waals surface area contributed by atoms with Crippen molar-refractivity contribution in [3.8, 4) is 0 Å². The number of aryl methyl sites for hydroxylation is 2. The molecule has 0 amide bonds. The first kappa shape index (κ1) is 8.27. The van der Waals surface area contributed by atoms with E-state index < -0.39 is 0 Å². The van der Waals surface area contributed by atoms with Gasteiger partial charge in [-0.05, 0) is 20.3 Å². The lowest BCUT2D eigenvalue weighted by atomic mass is 10.3. The number of hydrogen-bond acceptors (Lipinski definition) is 2. The molecule has 0 aliphatic heterocycles. The first-order chi connectivity index (χ1) is 5.25. The highest BCUT2D eigenvalue weighted by atomic mass is 16.3. The molecule has 0 saturated carbocycles. The van der Waals surface area contributed by atoms with E-state index in [-0.39, 0.29) is 6.61 Å². The summed E-state index contributed by atoms with van der Waals surface area (Å²) in [6.07, 6.45) is 2.62. The molecule has 0 saturated heterocycles. The molecule has 1 rings (SSSR count). The minimum absolute atomic E-state index is 0.247. The van der Waals surface area contributed by atoms with Crippen LogP contribution in [0.3, 0.4) is 0 Å². The summed E-state index contributed by atoms with van der Waals surface area (Å²) in [5.41, 5.74) is 2.27. The molecule has 0 bridgehead atoms. The average molecular weight is 154 g/mol. The van der Waals surface area contributed by atoms with Crippen LogP contribution in [0.1, 0.15) is 17.8 Å². The fourth-order valence-corrected chi connectivity index (χ4v) is 1.01. The monoisotopic (exact) mass is 154 g/mol. The van der Waals surface area contributed by atoms with Crippen molar-refractivity contribution in [3.05, 3.63) is 17.7 Å². The Morgan fingerprint density at radius 1 is 1.55 bits per heavy atom. The van der Waals surface area contributed by atoms with Gasteiger partial charge in [0.05, 0.1) is 12.0 Å². The van der Waals surface area contributed by atoms with Gasteiger partial charge in [-0.1, -0.05) is 0 Å². The third-order valence-corrected chi connectivity index (χ3v) is 1.90. The minimum Gasteiger partial charge on any atom is -0.396 e. The standard InChI is InChI=1S/C8H14N2O/c1-7-8(2)10(6-9-7)4-3-5-11/h6,11H,3-5H2,1-2H3. The first-order valence-corrected chi connectivity index (χ1v) is 3.85. The van der Waals surface area contributed by atoms with Gasteiger partial charge in [0.25, 0.3) is 0 Å². The van der Waals surface area contributed by atoms with Crippen LogP contribution in [0.2, 0.25) is 0 Å². The molecule has 0 aliphatic rings. The van der Waals surface area contributed by atoms with Gasteiger partial charge in [-0.25, -0.2) is 4.98 Å². The van der Waals surface area contributed by atoms with Crippen molar-refractivity contribution in [1.82, 2.24) is 9.55 Å². The zero-order chi connectivity index (χ0) is 8.27. The number of aromatic nitrogens is 2. The topological polar surface area (TPSA) is 38.0 Å². The van der Waals surface area contributed by atoms with E-state index in [4.69, 9.17) is 5.11 Å². The SMILES string of the molecule is Cc1ncn(CCCO)c1C. The van der Waals surface area contributed by atoms with Gasteiger partial charge in [-0.3, -0.25) is 0 Å². The molecule has 1 N–H and O–H groups in total. The van der Waals surface area contributed by atoms with Crippen molar-refractivity contribution in [3.63, 3.8) is 0 Å². The lowest BCUT2D eigenvalue weighted by Crippen LogP contribution is -2.00. The third-order valence-electron chi connectivity index (χ3n) is 1.90. The highest BCUT2D eigenvalue weighted by Crippen LogP contribution is 2.04. The number of aliphatic hydroxyl groups excluding tert-OH is 1. The molecule has 3 heteroatoms. The average Bonchev–Trinajstić information content (AvgIpc) is 2.31. The Labute approximate surface area is 66.7 Å². The van der Waals surface area contributed by atoms with Crippen LogP contribution in [-0.4, -0.2) is 21.3 Å².